The molecule has 1 amide bonds. The Labute approximate surface area is 123 Å². The second-order valence-electron chi connectivity index (χ2n) is 4.66. The molecule has 0 bridgehead atoms. The van der Waals surface area contributed by atoms with Crippen molar-refractivity contribution in [2.45, 2.75) is 19.8 Å². The average Bonchev–Trinajstić information content (AvgIpc) is 2.43. The van der Waals surface area contributed by atoms with Crippen molar-refractivity contribution >= 4 is 28.9 Å². The Balaban J connectivity index is 1.96. The number of carbonyl (C=O) groups excluding carboxylic acids is 1. The highest BCUT2D eigenvalue weighted by molar-refractivity contribution is 6.31. The van der Waals surface area contributed by atoms with E-state index in [4.69, 9.17) is 17.3 Å². The highest BCUT2D eigenvalue weighted by Crippen LogP contribution is 2.23. The second kappa shape index (κ2) is 6.44. The van der Waals surface area contributed by atoms with Crippen molar-refractivity contribution < 1.29 is 4.79 Å². The average molecular weight is 289 g/mol. The molecule has 20 heavy (non-hydrogen) atoms. The Morgan fingerprint density at radius 2 is 1.95 bits per heavy atom. The lowest BCUT2D eigenvalue weighted by atomic mass is 10.1. The Bertz CT molecular complexity index is 626. The Morgan fingerprint density at radius 3 is 2.70 bits per heavy atom. The summed E-state index contributed by atoms with van der Waals surface area (Å²) in [6, 6.07) is 13.0. The van der Waals surface area contributed by atoms with Crippen LogP contribution in [0.3, 0.4) is 0 Å². The van der Waals surface area contributed by atoms with Gasteiger partial charge in [0.05, 0.1) is 0 Å². The van der Waals surface area contributed by atoms with E-state index in [0.717, 1.165) is 22.5 Å². The molecule has 3 N–H and O–H groups in total. The maximum Gasteiger partial charge on any atom is 0.224 e. The minimum Gasteiger partial charge on any atom is -0.399 e. The topological polar surface area (TPSA) is 55.1 Å². The van der Waals surface area contributed by atoms with Crippen LogP contribution < -0.4 is 11.1 Å². The van der Waals surface area contributed by atoms with Crippen LogP contribution in [0, 0.1) is 6.92 Å². The van der Waals surface area contributed by atoms with E-state index in [1.165, 1.54) is 0 Å². The van der Waals surface area contributed by atoms with Gasteiger partial charge in [0.25, 0.3) is 0 Å². The van der Waals surface area contributed by atoms with Gasteiger partial charge in [0.2, 0.25) is 5.91 Å². The minimum atomic E-state index is -0.0429. The molecule has 2 aromatic carbocycles. The SMILES string of the molecule is Cc1c(Cl)cccc1NC(=O)CCc1ccccc1N. The Morgan fingerprint density at radius 1 is 1.20 bits per heavy atom. The van der Waals surface area contributed by atoms with Crippen molar-refractivity contribution in [3.63, 3.8) is 0 Å². The van der Waals surface area contributed by atoms with Crippen LogP contribution in [0.2, 0.25) is 5.02 Å². The van der Waals surface area contributed by atoms with Crippen molar-refractivity contribution in [1.29, 1.82) is 0 Å². The van der Waals surface area contributed by atoms with Crippen LogP contribution in [0.4, 0.5) is 11.4 Å². The van der Waals surface area contributed by atoms with Crippen LogP contribution in [-0.4, -0.2) is 5.91 Å². The lowest BCUT2D eigenvalue weighted by Crippen LogP contribution is -2.13. The maximum atomic E-state index is 12.0. The standard InChI is InChI=1S/C16H17ClN2O/c1-11-13(17)6-4-8-15(11)19-16(20)10-9-12-5-2-3-7-14(12)18/h2-8H,9-10,18H2,1H3,(H,19,20). The smallest absolute Gasteiger partial charge is 0.224 e. The van der Waals surface area contributed by atoms with Crippen molar-refractivity contribution in [2.24, 2.45) is 0 Å². The van der Waals surface area contributed by atoms with Gasteiger partial charge in [-0.25, -0.2) is 0 Å². The molecule has 0 aliphatic heterocycles. The molecule has 3 nitrogen and oxygen atoms in total. The van der Waals surface area contributed by atoms with E-state index < -0.39 is 0 Å². The number of hydrogen-bond donors (Lipinski definition) is 2. The molecule has 0 atom stereocenters. The summed E-state index contributed by atoms with van der Waals surface area (Å²) in [5.41, 5.74) is 9.20. The van der Waals surface area contributed by atoms with Gasteiger partial charge >= 0.3 is 0 Å². The molecule has 0 unspecified atom stereocenters. The van der Waals surface area contributed by atoms with Gasteiger partial charge in [-0.3, -0.25) is 4.79 Å². The number of nitrogen functional groups attached to an aromatic ring is 1. The van der Waals surface area contributed by atoms with E-state index in [9.17, 15) is 4.79 Å². The molecule has 0 radical (unpaired) electrons. The third-order valence-electron chi connectivity index (χ3n) is 3.22. The van der Waals surface area contributed by atoms with Crippen LogP contribution in [0.25, 0.3) is 0 Å². The quantitative estimate of drug-likeness (QED) is 0.841. The van der Waals surface area contributed by atoms with Crippen molar-refractivity contribution in [3.8, 4) is 0 Å². The van der Waals surface area contributed by atoms with E-state index >= 15 is 0 Å². The minimum absolute atomic E-state index is 0.0429. The van der Waals surface area contributed by atoms with Gasteiger partial charge in [-0.05, 0) is 42.7 Å². The molecule has 0 fully saturated rings. The zero-order valence-electron chi connectivity index (χ0n) is 11.3. The number of aryl methyl sites for hydroxylation is 1. The monoisotopic (exact) mass is 288 g/mol. The number of nitrogens with one attached hydrogen (secondary N) is 1. The lowest BCUT2D eigenvalue weighted by molar-refractivity contribution is -0.116. The number of rotatable bonds is 4. The fraction of sp³-hybridized carbons (Fsp3) is 0.188. The number of amides is 1. The van der Waals surface area contributed by atoms with Crippen molar-refractivity contribution in [2.75, 3.05) is 11.1 Å². The first-order chi connectivity index (χ1) is 9.58. The summed E-state index contributed by atoms with van der Waals surface area (Å²) < 4.78 is 0. The summed E-state index contributed by atoms with van der Waals surface area (Å²) in [6.45, 7) is 1.88. The van der Waals surface area contributed by atoms with Gasteiger partial charge < -0.3 is 11.1 Å². The predicted octanol–water partition coefficient (Wildman–Crippen LogP) is 3.80. The third kappa shape index (κ3) is 3.52. The number of benzene rings is 2. The van der Waals surface area contributed by atoms with E-state index in [2.05, 4.69) is 5.32 Å². The second-order valence-corrected chi connectivity index (χ2v) is 5.07. The van der Waals surface area contributed by atoms with Gasteiger partial charge in [0.1, 0.15) is 0 Å². The molecule has 0 heterocycles. The van der Waals surface area contributed by atoms with Crippen LogP contribution in [0.5, 0.6) is 0 Å². The summed E-state index contributed by atoms with van der Waals surface area (Å²) in [4.78, 5) is 12.0. The van der Waals surface area contributed by atoms with E-state index in [-0.39, 0.29) is 5.91 Å². The molecule has 4 heteroatoms. The summed E-state index contributed by atoms with van der Waals surface area (Å²) in [6.07, 6.45) is 1.01. The molecule has 0 aliphatic rings. The van der Waals surface area contributed by atoms with Crippen LogP contribution >= 0.6 is 11.6 Å². The predicted molar refractivity (Wildman–Crippen MR) is 84.0 cm³/mol. The van der Waals surface area contributed by atoms with Crippen LogP contribution in [0.1, 0.15) is 17.5 Å². The molecule has 2 rings (SSSR count). The van der Waals surface area contributed by atoms with Gasteiger partial charge in [-0.1, -0.05) is 35.9 Å². The molecular formula is C16H17ClN2O. The molecule has 0 saturated carbocycles. The van der Waals surface area contributed by atoms with Crippen LogP contribution in [-0.2, 0) is 11.2 Å². The van der Waals surface area contributed by atoms with Crippen molar-refractivity contribution in [3.05, 3.63) is 58.6 Å². The van der Waals surface area contributed by atoms with Gasteiger partial charge in [-0.15, -0.1) is 0 Å². The molecule has 0 saturated heterocycles. The summed E-state index contributed by atoms with van der Waals surface area (Å²) >= 11 is 6.02. The van der Waals surface area contributed by atoms with Crippen LogP contribution in [0.15, 0.2) is 42.5 Å². The first kappa shape index (κ1) is 14.4. The zero-order valence-corrected chi connectivity index (χ0v) is 12.1. The Kier molecular flexibility index (Phi) is 4.64. The number of halogens is 1. The first-order valence-corrected chi connectivity index (χ1v) is 6.84. The normalized spacial score (nSPS) is 10.3. The fourth-order valence-electron chi connectivity index (χ4n) is 1.97. The van der Waals surface area contributed by atoms with Gasteiger partial charge in [-0.2, -0.15) is 0 Å². The van der Waals surface area contributed by atoms with E-state index in [1.54, 1.807) is 6.07 Å². The molecule has 0 spiro atoms. The zero-order chi connectivity index (χ0) is 14.5. The highest BCUT2D eigenvalue weighted by Gasteiger charge is 2.07. The number of para-hydroxylation sites is 1. The number of nitrogens with two attached hydrogens (primary N) is 1. The van der Waals surface area contributed by atoms with Gasteiger partial charge in [0, 0.05) is 22.8 Å². The third-order valence-corrected chi connectivity index (χ3v) is 3.63. The summed E-state index contributed by atoms with van der Waals surface area (Å²) in [7, 11) is 0. The summed E-state index contributed by atoms with van der Waals surface area (Å²) in [5, 5.41) is 3.52. The summed E-state index contributed by atoms with van der Waals surface area (Å²) in [5.74, 6) is -0.0429. The molecule has 0 aromatic heterocycles. The largest absolute Gasteiger partial charge is 0.399 e. The van der Waals surface area contributed by atoms with Crippen molar-refractivity contribution in [1.82, 2.24) is 0 Å². The molecular weight excluding hydrogens is 272 g/mol. The molecule has 2 aromatic rings. The number of carbonyl (C=O) groups is 1. The lowest BCUT2D eigenvalue weighted by Gasteiger charge is -2.10. The number of anilines is 2. The maximum absolute atomic E-state index is 12.0. The van der Waals surface area contributed by atoms with E-state index in [0.29, 0.717) is 17.9 Å². The van der Waals surface area contributed by atoms with Gasteiger partial charge in [0.15, 0.2) is 0 Å². The Hall–Kier alpha value is -2.00. The fourth-order valence-corrected chi connectivity index (χ4v) is 2.14. The highest BCUT2D eigenvalue weighted by atomic mass is 35.5. The first-order valence-electron chi connectivity index (χ1n) is 6.46. The molecule has 0 aliphatic carbocycles. The van der Waals surface area contributed by atoms with E-state index in [1.807, 2.05) is 43.3 Å². The molecule has 104 valence electrons. The number of hydrogen-bond acceptors (Lipinski definition) is 2.